The van der Waals surface area contributed by atoms with Crippen LogP contribution in [0, 0.1) is 6.92 Å². The van der Waals surface area contributed by atoms with Crippen LogP contribution in [0.1, 0.15) is 21.7 Å². The number of methoxy groups -OCH3 is 1. The van der Waals surface area contributed by atoms with Crippen molar-refractivity contribution in [2.75, 3.05) is 12.4 Å². The molecule has 2 aromatic carbocycles. The summed E-state index contributed by atoms with van der Waals surface area (Å²) in [6.07, 6.45) is 0. The van der Waals surface area contributed by atoms with E-state index in [1.807, 2.05) is 12.1 Å². The summed E-state index contributed by atoms with van der Waals surface area (Å²) >= 11 is 6.27. The van der Waals surface area contributed by atoms with Crippen LogP contribution in [-0.2, 0) is 11.3 Å². The molecule has 7 nitrogen and oxygen atoms in total. The molecule has 0 fully saturated rings. The standard InChI is InChI=1S/C22H18ClN3O4/c1-12-20(21(26-30-12)16-5-3-4-6-17(16)23)22(28)24-14-7-8-15-13(11-29-2)9-19(27)25-18(15)10-14/h3-10H,11H2,1-2H3,(H,24,28)(H,25,27). The van der Waals surface area contributed by atoms with Gasteiger partial charge in [-0.05, 0) is 30.7 Å². The van der Waals surface area contributed by atoms with Gasteiger partial charge in [-0.25, -0.2) is 0 Å². The summed E-state index contributed by atoms with van der Waals surface area (Å²) in [6.45, 7) is 1.98. The first kappa shape index (κ1) is 19.9. The van der Waals surface area contributed by atoms with Crippen LogP contribution in [0.4, 0.5) is 5.69 Å². The molecule has 30 heavy (non-hydrogen) atoms. The second-order valence-corrected chi connectivity index (χ2v) is 7.16. The van der Waals surface area contributed by atoms with Crippen LogP contribution in [0.2, 0.25) is 5.02 Å². The summed E-state index contributed by atoms with van der Waals surface area (Å²) < 4.78 is 10.4. The SMILES string of the molecule is COCc1cc(=O)[nH]c2cc(NC(=O)c3c(-c4ccccc4Cl)noc3C)ccc12. The summed E-state index contributed by atoms with van der Waals surface area (Å²) in [7, 11) is 1.57. The van der Waals surface area contributed by atoms with E-state index in [0.29, 0.717) is 45.4 Å². The van der Waals surface area contributed by atoms with Gasteiger partial charge in [0.15, 0.2) is 0 Å². The molecule has 8 heteroatoms. The van der Waals surface area contributed by atoms with Gasteiger partial charge in [0.25, 0.3) is 5.91 Å². The zero-order chi connectivity index (χ0) is 21.3. The number of fused-ring (bicyclic) bond motifs is 1. The summed E-state index contributed by atoms with van der Waals surface area (Å²) in [5.74, 6) is -0.0163. The predicted octanol–water partition coefficient (Wildman–Crippen LogP) is 4.54. The molecule has 0 saturated carbocycles. The molecule has 2 N–H and O–H groups in total. The number of halogens is 1. The highest BCUT2D eigenvalue weighted by Gasteiger charge is 2.23. The highest BCUT2D eigenvalue weighted by molar-refractivity contribution is 6.33. The number of aromatic nitrogens is 2. The molecule has 2 heterocycles. The van der Waals surface area contributed by atoms with Gasteiger partial charge in [-0.15, -0.1) is 0 Å². The summed E-state index contributed by atoms with van der Waals surface area (Å²) in [6, 6.07) is 13.9. The Kier molecular flexibility index (Phi) is 5.39. The minimum absolute atomic E-state index is 0.242. The predicted molar refractivity (Wildman–Crippen MR) is 115 cm³/mol. The lowest BCUT2D eigenvalue weighted by molar-refractivity contribution is 0.102. The van der Waals surface area contributed by atoms with Crippen molar-refractivity contribution < 1.29 is 14.1 Å². The highest BCUT2D eigenvalue weighted by atomic mass is 35.5. The minimum Gasteiger partial charge on any atom is -0.380 e. The molecule has 0 radical (unpaired) electrons. The summed E-state index contributed by atoms with van der Waals surface area (Å²) in [5.41, 5.74) is 2.91. The quantitative estimate of drug-likeness (QED) is 0.491. The van der Waals surface area contributed by atoms with Crippen molar-refractivity contribution in [2.45, 2.75) is 13.5 Å². The normalized spacial score (nSPS) is 11.0. The van der Waals surface area contributed by atoms with Crippen molar-refractivity contribution in [3.05, 3.63) is 80.8 Å². The number of hydrogen-bond donors (Lipinski definition) is 2. The monoisotopic (exact) mass is 423 g/mol. The maximum atomic E-state index is 13.0. The lowest BCUT2D eigenvalue weighted by Crippen LogP contribution is -2.14. The third kappa shape index (κ3) is 3.72. The first-order chi connectivity index (χ1) is 14.5. The molecular weight excluding hydrogens is 406 g/mol. The number of hydrogen-bond acceptors (Lipinski definition) is 5. The third-order valence-corrected chi connectivity index (χ3v) is 5.03. The molecule has 4 rings (SSSR count). The topological polar surface area (TPSA) is 97.2 Å². The Bertz CT molecular complexity index is 1310. The Hall–Kier alpha value is -3.42. The van der Waals surface area contributed by atoms with Crippen molar-refractivity contribution in [3.8, 4) is 11.3 Å². The number of aryl methyl sites for hydroxylation is 1. The number of anilines is 1. The van der Waals surface area contributed by atoms with Gasteiger partial charge in [0.05, 0.1) is 17.1 Å². The van der Waals surface area contributed by atoms with Gasteiger partial charge in [-0.2, -0.15) is 0 Å². The molecule has 0 aliphatic heterocycles. The fraction of sp³-hybridized carbons (Fsp3) is 0.136. The van der Waals surface area contributed by atoms with Gasteiger partial charge in [0.2, 0.25) is 5.56 Å². The highest BCUT2D eigenvalue weighted by Crippen LogP contribution is 2.31. The maximum absolute atomic E-state index is 13.0. The molecule has 0 spiro atoms. The first-order valence-corrected chi connectivity index (χ1v) is 9.53. The van der Waals surface area contributed by atoms with E-state index < -0.39 is 5.91 Å². The molecule has 152 valence electrons. The molecule has 1 amide bonds. The van der Waals surface area contributed by atoms with Gasteiger partial charge in [0.1, 0.15) is 17.0 Å². The Labute approximate surface area is 176 Å². The smallest absolute Gasteiger partial charge is 0.261 e. The van der Waals surface area contributed by atoms with Crippen LogP contribution >= 0.6 is 11.6 Å². The molecule has 2 aromatic heterocycles. The van der Waals surface area contributed by atoms with Crippen LogP contribution in [0.5, 0.6) is 0 Å². The van der Waals surface area contributed by atoms with E-state index in [0.717, 1.165) is 10.9 Å². The van der Waals surface area contributed by atoms with Crippen molar-refractivity contribution in [3.63, 3.8) is 0 Å². The van der Waals surface area contributed by atoms with E-state index in [1.54, 1.807) is 44.4 Å². The lowest BCUT2D eigenvalue weighted by Gasteiger charge is -2.09. The average molecular weight is 424 g/mol. The minimum atomic E-state index is -0.390. The van der Waals surface area contributed by atoms with E-state index >= 15 is 0 Å². The van der Waals surface area contributed by atoms with Gasteiger partial charge in [-0.1, -0.05) is 41.0 Å². The third-order valence-electron chi connectivity index (χ3n) is 4.71. The van der Waals surface area contributed by atoms with E-state index in [9.17, 15) is 9.59 Å². The molecule has 0 atom stereocenters. The maximum Gasteiger partial charge on any atom is 0.261 e. The van der Waals surface area contributed by atoms with E-state index in [-0.39, 0.29) is 5.56 Å². The molecule has 4 aromatic rings. The fourth-order valence-corrected chi connectivity index (χ4v) is 3.58. The molecule has 0 unspecified atom stereocenters. The van der Waals surface area contributed by atoms with Crippen molar-refractivity contribution in [2.24, 2.45) is 0 Å². The molecule has 0 saturated heterocycles. The Morgan fingerprint density at radius 3 is 2.80 bits per heavy atom. The van der Waals surface area contributed by atoms with E-state index in [2.05, 4.69) is 15.5 Å². The van der Waals surface area contributed by atoms with Crippen LogP contribution in [-0.4, -0.2) is 23.2 Å². The van der Waals surface area contributed by atoms with Crippen LogP contribution in [0.15, 0.2) is 57.8 Å². The summed E-state index contributed by atoms with van der Waals surface area (Å²) in [4.78, 5) is 27.8. The number of H-pyrrole nitrogens is 1. The number of aromatic amines is 1. The van der Waals surface area contributed by atoms with E-state index in [4.69, 9.17) is 20.9 Å². The molecule has 0 bridgehead atoms. The Morgan fingerprint density at radius 2 is 2.03 bits per heavy atom. The number of carbonyl (C=O) groups is 1. The van der Waals surface area contributed by atoms with Crippen molar-refractivity contribution >= 4 is 34.1 Å². The Morgan fingerprint density at radius 1 is 1.23 bits per heavy atom. The van der Waals surface area contributed by atoms with Gasteiger partial charge < -0.3 is 19.6 Å². The number of pyridine rings is 1. The van der Waals surface area contributed by atoms with Gasteiger partial charge >= 0.3 is 0 Å². The molecule has 0 aliphatic carbocycles. The van der Waals surface area contributed by atoms with Crippen LogP contribution in [0.3, 0.4) is 0 Å². The largest absolute Gasteiger partial charge is 0.380 e. The summed E-state index contributed by atoms with van der Waals surface area (Å²) in [5, 5.41) is 8.17. The van der Waals surface area contributed by atoms with Crippen LogP contribution < -0.4 is 10.9 Å². The second kappa shape index (κ2) is 8.14. The van der Waals surface area contributed by atoms with Gasteiger partial charge in [-0.3, -0.25) is 9.59 Å². The fourth-order valence-electron chi connectivity index (χ4n) is 3.36. The zero-order valence-corrected chi connectivity index (χ0v) is 17.0. The van der Waals surface area contributed by atoms with Crippen molar-refractivity contribution in [1.82, 2.24) is 10.1 Å². The number of nitrogens with zero attached hydrogens (tertiary/aromatic N) is 1. The number of amides is 1. The lowest BCUT2D eigenvalue weighted by atomic mass is 10.1. The van der Waals surface area contributed by atoms with Crippen LogP contribution in [0.25, 0.3) is 22.2 Å². The Balaban J connectivity index is 1.70. The molecular formula is C22H18ClN3O4. The number of benzene rings is 2. The second-order valence-electron chi connectivity index (χ2n) is 6.75. The number of nitrogens with one attached hydrogen (secondary N) is 2. The van der Waals surface area contributed by atoms with Crippen molar-refractivity contribution in [1.29, 1.82) is 0 Å². The average Bonchev–Trinajstić information content (AvgIpc) is 3.09. The number of ether oxygens (including phenoxy) is 1. The molecule has 0 aliphatic rings. The number of rotatable bonds is 5. The number of carbonyl (C=O) groups excluding carboxylic acids is 1. The van der Waals surface area contributed by atoms with Gasteiger partial charge in [0, 0.05) is 29.8 Å². The van der Waals surface area contributed by atoms with E-state index in [1.165, 1.54) is 6.07 Å². The zero-order valence-electron chi connectivity index (χ0n) is 16.3. The first-order valence-electron chi connectivity index (χ1n) is 9.15.